The van der Waals surface area contributed by atoms with E-state index in [9.17, 15) is 9.00 Å². The molecule has 1 heterocycles. The average molecular weight is 208 g/mol. The zero-order valence-electron chi connectivity index (χ0n) is 7.06. The summed E-state index contributed by atoms with van der Waals surface area (Å²) in [6.45, 7) is 1.37. The van der Waals surface area contributed by atoms with Crippen molar-refractivity contribution in [3.63, 3.8) is 0 Å². The van der Waals surface area contributed by atoms with Crippen LogP contribution in [0.5, 0.6) is 0 Å². The van der Waals surface area contributed by atoms with Gasteiger partial charge in [-0.25, -0.2) is 13.7 Å². The zero-order valence-corrected chi connectivity index (χ0v) is 7.88. The Morgan fingerprint density at radius 1 is 1.38 bits per heavy atom. The molecular formula is C6H12N2O4S. The van der Waals surface area contributed by atoms with Crippen molar-refractivity contribution in [2.75, 3.05) is 13.1 Å². The number of amides is 1. The maximum atomic E-state index is 10.8. The van der Waals surface area contributed by atoms with E-state index in [0.717, 1.165) is 19.3 Å². The van der Waals surface area contributed by atoms with Crippen molar-refractivity contribution in [3.8, 4) is 0 Å². The fraction of sp³-hybridized carbons (Fsp3) is 0.833. The number of hydroxylamine groups is 2. The van der Waals surface area contributed by atoms with Crippen LogP contribution in [0.15, 0.2) is 0 Å². The zero-order chi connectivity index (χ0) is 9.68. The van der Waals surface area contributed by atoms with Gasteiger partial charge in [0.2, 0.25) is 0 Å². The molecule has 0 saturated carbocycles. The fourth-order valence-corrected chi connectivity index (χ4v) is 1.34. The van der Waals surface area contributed by atoms with Gasteiger partial charge in [0.05, 0.1) is 0 Å². The topological polar surface area (TPSA) is 78.9 Å². The van der Waals surface area contributed by atoms with E-state index in [0.29, 0.717) is 13.1 Å². The minimum Gasteiger partial charge on any atom is -0.350 e. The summed E-state index contributed by atoms with van der Waals surface area (Å²) in [5.41, 5.74) is 0. The molecule has 1 unspecified atom stereocenters. The third kappa shape index (κ3) is 4.20. The molecule has 0 aliphatic carbocycles. The predicted octanol–water partition coefficient (Wildman–Crippen LogP) is 0.250. The maximum Gasteiger partial charge on any atom is 0.440 e. The second kappa shape index (κ2) is 5.15. The van der Waals surface area contributed by atoms with Crippen molar-refractivity contribution < 1.29 is 18.4 Å². The van der Waals surface area contributed by atoms with Crippen LogP contribution in [0.2, 0.25) is 0 Å². The van der Waals surface area contributed by atoms with Gasteiger partial charge < -0.3 is 4.84 Å². The number of rotatable bonds is 2. The van der Waals surface area contributed by atoms with Crippen LogP contribution in [0.25, 0.3) is 0 Å². The Kier molecular flexibility index (Phi) is 4.13. The number of piperidine rings is 1. The summed E-state index contributed by atoms with van der Waals surface area (Å²) in [6, 6.07) is 0. The highest BCUT2D eigenvalue weighted by molar-refractivity contribution is 7.77. The van der Waals surface area contributed by atoms with Crippen LogP contribution in [-0.4, -0.2) is 33.0 Å². The first-order valence-corrected chi connectivity index (χ1v) is 5.13. The van der Waals surface area contributed by atoms with Crippen molar-refractivity contribution in [2.45, 2.75) is 19.3 Å². The summed E-state index contributed by atoms with van der Waals surface area (Å²) in [5.74, 6) is 0. The Balaban J connectivity index is 2.22. The van der Waals surface area contributed by atoms with E-state index in [-0.39, 0.29) is 0 Å². The molecule has 13 heavy (non-hydrogen) atoms. The van der Waals surface area contributed by atoms with Crippen molar-refractivity contribution in [2.24, 2.45) is 0 Å². The van der Waals surface area contributed by atoms with E-state index in [2.05, 4.69) is 0 Å². The van der Waals surface area contributed by atoms with Gasteiger partial charge in [0, 0.05) is 13.1 Å². The predicted molar refractivity (Wildman–Crippen MR) is 45.8 cm³/mol. The van der Waals surface area contributed by atoms with Gasteiger partial charge in [-0.2, -0.15) is 0 Å². The van der Waals surface area contributed by atoms with Crippen molar-refractivity contribution in [1.29, 1.82) is 0 Å². The SMILES string of the molecule is O=C(NS(=O)O)ON1CCCCC1. The van der Waals surface area contributed by atoms with E-state index < -0.39 is 17.4 Å². The molecule has 1 aliphatic heterocycles. The molecule has 0 aromatic heterocycles. The number of carbonyl (C=O) groups excluding carboxylic acids is 1. The molecular weight excluding hydrogens is 196 g/mol. The molecule has 1 rings (SSSR count). The Bertz CT molecular complexity index is 205. The van der Waals surface area contributed by atoms with Gasteiger partial charge in [0.1, 0.15) is 0 Å². The van der Waals surface area contributed by atoms with Crippen molar-refractivity contribution in [1.82, 2.24) is 9.79 Å². The van der Waals surface area contributed by atoms with Crippen LogP contribution in [-0.2, 0) is 16.1 Å². The second-order valence-corrected chi connectivity index (χ2v) is 3.42. The van der Waals surface area contributed by atoms with E-state index in [1.807, 2.05) is 0 Å². The normalized spacial score (nSPS) is 20.7. The van der Waals surface area contributed by atoms with Crippen LogP contribution >= 0.6 is 0 Å². The lowest BCUT2D eigenvalue weighted by Crippen LogP contribution is -2.37. The van der Waals surface area contributed by atoms with Crippen LogP contribution < -0.4 is 4.72 Å². The lowest BCUT2D eigenvalue weighted by atomic mass is 10.2. The highest BCUT2D eigenvalue weighted by atomic mass is 32.2. The first kappa shape index (κ1) is 10.4. The summed E-state index contributed by atoms with van der Waals surface area (Å²) in [7, 11) is 0. The molecule has 1 atom stereocenters. The molecule has 7 heteroatoms. The van der Waals surface area contributed by atoms with Gasteiger partial charge in [-0.1, -0.05) is 6.42 Å². The van der Waals surface area contributed by atoms with E-state index in [1.165, 1.54) is 5.06 Å². The molecule has 0 spiro atoms. The molecule has 1 amide bonds. The number of nitrogens with one attached hydrogen (secondary N) is 1. The number of hydrogen-bond donors (Lipinski definition) is 2. The summed E-state index contributed by atoms with van der Waals surface area (Å²) in [6.07, 6.45) is 2.21. The monoisotopic (exact) mass is 208 g/mol. The Hall–Kier alpha value is -0.660. The maximum absolute atomic E-state index is 10.8. The second-order valence-electron chi connectivity index (χ2n) is 2.72. The average Bonchev–Trinajstić information content (AvgIpc) is 2.04. The molecule has 2 N–H and O–H groups in total. The van der Waals surface area contributed by atoms with Gasteiger partial charge in [0.15, 0.2) is 0 Å². The molecule has 0 bridgehead atoms. The van der Waals surface area contributed by atoms with Crippen molar-refractivity contribution >= 4 is 17.4 Å². The van der Waals surface area contributed by atoms with Crippen LogP contribution in [0.3, 0.4) is 0 Å². The molecule has 1 aliphatic rings. The quantitative estimate of drug-likeness (QED) is 0.636. The standard InChI is InChI=1S/C6H12N2O4S/c9-6(7-13(10)11)12-8-4-2-1-3-5-8/h1-5H2,(H,7,9)(H,10,11). The minimum absolute atomic E-state index is 0.686. The van der Waals surface area contributed by atoms with Gasteiger partial charge >= 0.3 is 6.09 Å². The molecule has 6 nitrogen and oxygen atoms in total. The number of carbonyl (C=O) groups is 1. The van der Waals surface area contributed by atoms with Gasteiger partial charge in [0.25, 0.3) is 11.3 Å². The summed E-state index contributed by atoms with van der Waals surface area (Å²) < 4.78 is 20.1. The smallest absolute Gasteiger partial charge is 0.350 e. The van der Waals surface area contributed by atoms with Crippen molar-refractivity contribution in [3.05, 3.63) is 0 Å². The third-order valence-corrected chi connectivity index (χ3v) is 2.04. The van der Waals surface area contributed by atoms with E-state index in [1.54, 1.807) is 4.72 Å². The summed E-state index contributed by atoms with van der Waals surface area (Å²) in [5, 5.41) is 1.49. The third-order valence-electron chi connectivity index (χ3n) is 1.70. The van der Waals surface area contributed by atoms with E-state index in [4.69, 9.17) is 9.39 Å². The molecule has 76 valence electrons. The van der Waals surface area contributed by atoms with E-state index >= 15 is 0 Å². The van der Waals surface area contributed by atoms with Crippen LogP contribution in [0.4, 0.5) is 4.79 Å². The Morgan fingerprint density at radius 3 is 2.54 bits per heavy atom. The molecule has 1 fully saturated rings. The Labute approximate surface area is 78.6 Å². The first-order valence-electron chi connectivity index (χ1n) is 4.03. The molecule has 0 aromatic carbocycles. The number of hydrogen-bond acceptors (Lipinski definition) is 4. The largest absolute Gasteiger partial charge is 0.440 e. The van der Waals surface area contributed by atoms with Crippen LogP contribution in [0.1, 0.15) is 19.3 Å². The summed E-state index contributed by atoms with van der Waals surface area (Å²) >= 11 is -2.35. The first-order chi connectivity index (χ1) is 6.18. The molecule has 1 saturated heterocycles. The lowest BCUT2D eigenvalue weighted by Gasteiger charge is -2.24. The van der Waals surface area contributed by atoms with Gasteiger partial charge in [-0.15, -0.1) is 5.06 Å². The van der Waals surface area contributed by atoms with Gasteiger partial charge in [-0.05, 0) is 12.8 Å². The van der Waals surface area contributed by atoms with Crippen LogP contribution in [0, 0.1) is 0 Å². The summed E-state index contributed by atoms with van der Waals surface area (Å²) in [4.78, 5) is 15.5. The highest BCUT2D eigenvalue weighted by Gasteiger charge is 2.15. The molecule has 0 radical (unpaired) electrons. The lowest BCUT2D eigenvalue weighted by molar-refractivity contribution is -0.109. The van der Waals surface area contributed by atoms with Gasteiger partial charge in [-0.3, -0.25) is 4.55 Å². The molecule has 0 aromatic rings. The minimum atomic E-state index is -2.35. The Morgan fingerprint density at radius 2 is 2.00 bits per heavy atom. The number of nitrogens with zero attached hydrogens (tertiary/aromatic N) is 1. The highest BCUT2D eigenvalue weighted by Crippen LogP contribution is 2.08. The fourth-order valence-electron chi connectivity index (χ4n) is 1.16.